The van der Waals surface area contributed by atoms with Crippen molar-refractivity contribution >= 4 is 17.8 Å². The molecule has 0 saturated carbocycles. The first-order valence-electron chi connectivity index (χ1n) is 6.18. The van der Waals surface area contributed by atoms with Crippen molar-refractivity contribution in [1.29, 1.82) is 0 Å². The first kappa shape index (κ1) is 15.7. The summed E-state index contributed by atoms with van der Waals surface area (Å²) in [7, 11) is 0. The lowest BCUT2D eigenvalue weighted by atomic mass is 10.1. The number of hydrogen-bond donors (Lipinski definition) is 2. The third kappa shape index (κ3) is 4.38. The van der Waals surface area contributed by atoms with E-state index in [2.05, 4.69) is 5.32 Å². The van der Waals surface area contributed by atoms with Crippen LogP contribution in [0.15, 0.2) is 24.3 Å². The predicted molar refractivity (Wildman–Crippen MR) is 72.9 cm³/mol. The normalized spacial score (nSPS) is 13.2. The highest BCUT2D eigenvalue weighted by Crippen LogP contribution is 2.04. The summed E-state index contributed by atoms with van der Waals surface area (Å²) in [5, 5.41) is 2.50. The molecule has 0 saturated heterocycles. The van der Waals surface area contributed by atoms with Gasteiger partial charge in [-0.05, 0) is 32.9 Å². The van der Waals surface area contributed by atoms with Gasteiger partial charge in [0.1, 0.15) is 6.04 Å². The highest BCUT2D eigenvalue weighted by molar-refractivity contribution is 5.97. The number of esters is 1. The summed E-state index contributed by atoms with van der Waals surface area (Å²) in [4.78, 5) is 34.4. The Morgan fingerprint density at radius 1 is 1.25 bits per heavy atom. The molecule has 0 bridgehead atoms. The molecule has 1 aromatic carbocycles. The van der Waals surface area contributed by atoms with Gasteiger partial charge < -0.3 is 15.8 Å². The second kappa shape index (κ2) is 6.70. The SMILES string of the molecule is Cc1cccc(C(=O)N[C@@H](C)C(=O)O[C@H](C)C(N)=O)c1. The number of benzene rings is 1. The van der Waals surface area contributed by atoms with Crippen molar-refractivity contribution in [1.82, 2.24) is 5.32 Å². The number of nitrogens with two attached hydrogens (primary N) is 1. The average molecular weight is 278 g/mol. The van der Waals surface area contributed by atoms with Crippen LogP contribution in [0.5, 0.6) is 0 Å². The predicted octanol–water partition coefficient (Wildman–Crippen LogP) is 0.530. The topological polar surface area (TPSA) is 98.5 Å². The van der Waals surface area contributed by atoms with E-state index in [1.165, 1.54) is 13.8 Å². The van der Waals surface area contributed by atoms with Crippen LogP contribution in [0, 0.1) is 6.92 Å². The van der Waals surface area contributed by atoms with Gasteiger partial charge in [-0.3, -0.25) is 9.59 Å². The standard InChI is InChI=1S/C14H18N2O4/c1-8-5-4-6-11(7-8)13(18)16-9(2)14(19)20-10(3)12(15)17/h4-7,9-10H,1-3H3,(H2,15,17)(H,16,18)/t9-,10+/m0/s1. The molecule has 1 rings (SSSR count). The minimum absolute atomic E-state index is 0.384. The van der Waals surface area contributed by atoms with E-state index < -0.39 is 24.0 Å². The largest absolute Gasteiger partial charge is 0.451 e. The van der Waals surface area contributed by atoms with E-state index in [4.69, 9.17) is 10.5 Å². The molecule has 0 unspecified atom stereocenters. The summed E-state index contributed by atoms with van der Waals surface area (Å²) >= 11 is 0. The van der Waals surface area contributed by atoms with Crippen molar-refractivity contribution in [2.75, 3.05) is 0 Å². The molecule has 0 aliphatic rings. The molecular weight excluding hydrogens is 260 g/mol. The Morgan fingerprint density at radius 3 is 2.45 bits per heavy atom. The van der Waals surface area contributed by atoms with Crippen LogP contribution >= 0.6 is 0 Å². The minimum Gasteiger partial charge on any atom is -0.451 e. The van der Waals surface area contributed by atoms with Crippen LogP contribution in [0.25, 0.3) is 0 Å². The van der Waals surface area contributed by atoms with Crippen LogP contribution < -0.4 is 11.1 Å². The molecule has 2 atom stereocenters. The fraction of sp³-hybridized carbons (Fsp3) is 0.357. The summed E-state index contributed by atoms with van der Waals surface area (Å²) in [6.07, 6.45) is -1.03. The van der Waals surface area contributed by atoms with Crippen molar-refractivity contribution in [3.05, 3.63) is 35.4 Å². The van der Waals surface area contributed by atoms with Crippen molar-refractivity contribution < 1.29 is 19.1 Å². The number of carbonyl (C=O) groups excluding carboxylic acids is 3. The van der Waals surface area contributed by atoms with E-state index in [0.29, 0.717) is 5.56 Å². The maximum atomic E-state index is 11.9. The number of carbonyl (C=O) groups is 3. The van der Waals surface area contributed by atoms with Gasteiger partial charge in [0.25, 0.3) is 11.8 Å². The number of primary amides is 1. The van der Waals surface area contributed by atoms with Crippen molar-refractivity contribution in [2.24, 2.45) is 5.73 Å². The van der Waals surface area contributed by atoms with Gasteiger partial charge in [0.2, 0.25) is 0 Å². The maximum absolute atomic E-state index is 11.9. The molecule has 0 radical (unpaired) electrons. The maximum Gasteiger partial charge on any atom is 0.329 e. The molecular formula is C14H18N2O4. The first-order valence-corrected chi connectivity index (χ1v) is 6.18. The van der Waals surface area contributed by atoms with Gasteiger partial charge in [0, 0.05) is 5.56 Å². The zero-order valence-corrected chi connectivity index (χ0v) is 11.7. The Bertz CT molecular complexity index is 528. The highest BCUT2D eigenvalue weighted by atomic mass is 16.5. The summed E-state index contributed by atoms with van der Waals surface area (Å²) in [6.45, 7) is 4.71. The van der Waals surface area contributed by atoms with E-state index >= 15 is 0 Å². The molecule has 6 nitrogen and oxygen atoms in total. The molecule has 6 heteroatoms. The lowest BCUT2D eigenvalue weighted by Crippen LogP contribution is -2.42. The summed E-state index contributed by atoms with van der Waals surface area (Å²) in [5.41, 5.74) is 6.38. The molecule has 0 aliphatic heterocycles. The lowest BCUT2D eigenvalue weighted by Gasteiger charge is -2.16. The molecule has 3 N–H and O–H groups in total. The van der Waals surface area contributed by atoms with Crippen LogP contribution in [0.2, 0.25) is 0 Å². The zero-order valence-electron chi connectivity index (χ0n) is 11.7. The third-order valence-electron chi connectivity index (χ3n) is 2.68. The molecule has 0 spiro atoms. The van der Waals surface area contributed by atoms with Gasteiger partial charge >= 0.3 is 5.97 Å². The van der Waals surface area contributed by atoms with Crippen LogP contribution in [-0.4, -0.2) is 29.9 Å². The number of amides is 2. The molecule has 20 heavy (non-hydrogen) atoms. The highest BCUT2D eigenvalue weighted by Gasteiger charge is 2.22. The Morgan fingerprint density at radius 2 is 1.90 bits per heavy atom. The Kier molecular flexibility index (Phi) is 5.25. The fourth-order valence-electron chi connectivity index (χ4n) is 1.46. The summed E-state index contributed by atoms with van der Waals surface area (Å²) in [6, 6.07) is 6.10. The van der Waals surface area contributed by atoms with Gasteiger partial charge in [-0.1, -0.05) is 17.7 Å². The molecule has 2 amide bonds. The van der Waals surface area contributed by atoms with Gasteiger partial charge in [-0.15, -0.1) is 0 Å². The second-order valence-corrected chi connectivity index (χ2v) is 4.55. The average Bonchev–Trinajstić information content (AvgIpc) is 2.38. The smallest absolute Gasteiger partial charge is 0.329 e. The van der Waals surface area contributed by atoms with E-state index in [1.54, 1.807) is 18.2 Å². The first-order chi connectivity index (χ1) is 9.31. The summed E-state index contributed by atoms with van der Waals surface area (Å²) in [5.74, 6) is -1.84. The zero-order chi connectivity index (χ0) is 15.3. The number of ether oxygens (including phenoxy) is 1. The van der Waals surface area contributed by atoms with Gasteiger partial charge in [0.15, 0.2) is 6.10 Å². The number of rotatable bonds is 5. The quantitative estimate of drug-likeness (QED) is 0.767. The molecule has 0 aromatic heterocycles. The second-order valence-electron chi connectivity index (χ2n) is 4.55. The molecule has 1 aromatic rings. The lowest BCUT2D eigenvalue weighted by molar-refractivity contribution is -0.155. The van der Waals surface area contributed by atoms with Gasteiger partial charge in [-0.2, -0.15) is 0 Å². The van der Waals surface area contributed by atoms with Crippen LogP contribution in [0.3, 0.4) is 0 Å². The Hall–Kier alpha value is -2.37. The van der Waals surface area contributed by atoms with E-state index in [-0.39, 0.29) is 5.91 Å². The minimum atomic E-state index is -1.03. The Labute approximate surface area is 117 Å². The van der Waals surface area contributed by atoms with Gasteiger partial charge in [0.05, 0.1) is 0 Å². The van der Waals surface area contributed by atoms with Crippen LogP contribution in [0.4, 0.5) is 0 Å². The molecule has 0 fully saturated rings. The molecule has 0 heterocycles. The van der Waals surface area contributed by atoms with Crippen molar-refractivity contribution in [3.63, 3.8) is 0 Å². The monoisotopic (exact) mass is 278 g/mol. The van der Waals surface area contributed by atoms with Crippen molar-refractivity contribution in [3.8, 4) is 0 Å². The van der Waals surface area contributed by atoms with Crippen LogP contribution in [-0.2, 0) is 14.3 Å². The van der Waals surface area contributed by atoms with E-state index in [9.17, 15) is 14.4 Å². The summed E-state index contributed by atoms with van der Waals surface area (Å²) < 4.78 is 4.81. The van der Waals surface area contributed by atoms with Crippen LogP contribution in [0.1, 0.15) is 29.8 Å². The van der Waals surface area contributed by atoms with E-state index in [0.717, 1.165) is 5.56 Å². The van der Waals surface area contributed by atoms with Gasteiger partial charge in [-0.25, -0.2) is 4.79 Å². The van der Waals surface area contributed by atoms with E-state index in [1.807, 2.05) is 13.0 Å². The molecule has 0 aliphatic carbocycles. The molecule has 108 valence electrons. The number of hydrogen-bond acceptors (Lipinski definition) is 4. The Balaban J connectivity index is 2.61. The fourth-order valence-corrected chi connectivity index (χ4v) is 1.46. The third-order valence-corrected chi connectivity index (χ3v) is 2.68. The number of aryl methyl sites for hydroxylation is 1. The van der Waals surface area contributed by atoms with Crippen molar-refractivity contribution in [2.45, 2.75) is 32.9 Å². The number of nitrogens with one attached hydrogen (secondary N) is 1.